The third-order valence-corrected chi connectivity index (χ3v) is 4.64. The quantitative estimate of drug-likeness (QED) is 0.481. The number of nitrogens with two attached hydrogens (primary N) is 1. The Bertz CT molecular complexity index is 683. The highest BCUT2D eigenvalue weighted by Crippen LogP contribution is 2.41. The zero-order valence-corrected chi connectivity index (χ0v) is 13.6. The molecule has 10 nitrogen and oxygen atoms in total. The summed E-state index contributed by atoms with van der Waals surface area (Å²) < 4.78 is 21.3. The van der Waals surface area contributed by atoms with Gasteiger partial charge in [0, 0.05) is 0 Å². The van der Waals surface area contributed by atoms with Gasteiger partial charge in [-0.25, -0.2) is 9.56 Å². The zero-order valence-electron chi connectivity index (χ0n) is 12.7. The van der Waals surface area contributed by atoms with Gasteiger partial charge in [0.25, 0.3) is 0 Å². The molecule has 4 N–H and O–H groups in total. The van der Waals surface area contributed by atoms with E-state index in [1.807, 2.05) is 14.0 Å². The van der Waals surface area contributed by atoms with Crippen LogP contribution in [0, 0.1) is 5.92 Å². The van der Waals surface area contributed by atoms with Crippen molar-refractivity contribution in [3.05, 3.63) is 11.9 Å². The zero-order chi connectivity index (χ0) is 16.8. The minimum Gasteiger partial charge on any atom is -0.377 e. The minimum atomic E-state index is -4.51. The molecule has 3 aliphatic heterocycles. The topological polar surface area (TPSA) is 139 Å². The minimum absolute atomic E-state index is 0.0520. The maximum absolute atomic E-state index is 10.8. The Labute approximate surface area is 132 Å². The largest absolute Gasteiger partial charge is 0.469 e. The van der Waals surface area contributed by atoms with Gasteiger partial charge in [0.2, 0.25) is 5.84 Å². The Morgan fingerprint density at radius 1 is 1.52 bits per heavy atom. The van der Waals surface area contributed by atoms with Gasteiger partial charge in [0.1, 0.15) is 13.2 Å². The van der Waals surface area contributed by atoms with Crippen molar-refractivity contribution < 1.29 is 28.2 Å². The summed E-state index contributed by atoms with van der Waals surface area (Å²) >= 11 is 0. The highest BCUT2D eigenvalue weighted by molar-refractivity contribution is 7.46. The Balaban J connectivity index is 1.73. The number of likely N-dealkylation sites (N-methyl/N-ethyl adjacent to an activating group) is 1. The van der Waals surface area contributed by atoms with E-state index in [1.165, 1.54) is 6.34 Å². The van der Waals surface area contributed by atoms with Crippen molar-refractivity contribution in [3.63, 3.8) is 0 Å². The van der Waals surface area contributed by atoms with Crippen LogP contribution >= 0.6 is 7.82 Å². The van der Waals surface area contributed by atoms with Gasteiger partial charge in [-0.05, 0) is 12.3 Å². The lowest BCUT2D eigenvalue weighted by Crippen LogP contribution is -2.52. The fourth-order valence-electron chi connectivity index (χ4n) is 3.04. The molecule has 1 fully saturated rings. The van der Waals surface area contributed by atoms with Crippen LogP contribution in [-0.4, -0.2) is 58.3 Å². The molecule has 3 rings (SSSR count). The second-order valence-corrected chi connectivity index (χ2v) is 7.13. The molecule has 23 heavy (non-hydrogen) atoms. The molecule has 3 aliphatic rings. The second kappa shape index (κ2) is 5.59. The van der Waals surface area contributed by atoms with E-state index in [4.69, 9.17) is 20.3 Å². The molecular formula is C12H19N5O5P+. The van der Waals surface area contributed by atoms with Gasteiger partial charge >= 0.3 is 13.7 Å². The molecule has 4 atom stereocenters. The summed E-state index contributed by atoms with van der Waals surface area (Å²) in [7, 11) is -2.67. The number of hydrogen-bond donors (Lipinski definition) is 3. The summed E-state index contributed by atoms with van der Waals surface area (Å²) in [5, 5.41) is 4.35. The van der Waals surface area contributed by atoms with Crippen LogP contribution in [0.4, 0.5) is 0 Å². The number of phosphoric acid groups is 1. The maximum atomic E-state index is 10.8. The number of hydrogen-bond acceptors (Lipinski definition) is 7. The van der Waals surface area contributed by atoms with Crippen molar-refractivity contribution >= 4 is 25.8 Å². The number of rotatable bonds is 4. The highest BCUT2D eigenvalue weighted by Gasteiger charge is 2.51. The molecule has 4 unspecified atom stereocenters. The SMILES string of the molecule is CC1CC(COP(=O)(O)O)OC1C1=CN=C2C(N)=NC=N[N+]12C. The van der Waals surface area contributed by atoms with Gasteiger partial charge in [-0.15, -0.1) is 4.59 Å². The summed E-state index contributed by atoms with van der Waals surface area (Å²) in [5.41, 5.74) is 6.66. The van der Waals surface area contributed by atoms with Crippen LogP contribution in [0.3, 0.4) is 0 Å². The predicted octanol–water partition coefficient (Wildman–Crippen LogP) is -0.0965. The lowest BCUT2D eigenvalue weighted by atomic mass is 9.99. The Kier molecular flexibility index (Phi) is 3.99. The second-order valence-electron chi connectivity index (χ2n) is 5.89. The van der Waals surface area contributed by atoms with Crippen LogP contribution in [0.15, 0.2) is 27.0 Å². The summed E-state index contributed by atoms with van der Waals surface area (Å²) in [5.74, 6) is 0.959. The molecule has 0 radical (unpaired) electrons. The lowest BCUT2D eigenvalue weighted by molar-refractivity contribution is -0.787. The molecule has 1 saturated heterocycles. The number of quaternary nitrogens is 1. The summed E-state index contributed by atoms with van der Waals surface area (Å²) in [6.07, 6.45) is 2.98. The van der Waals surface area contributed by atoms with Crippen LogP contribution < -0.4 is 5.73 Å². The molecule has 3 heterocycles. The van der Waals surface area contributed by atoms with Crippen LogP contribution in [0.5, 0.6) is 0 Å². The van der Waals surface area contributed by atoms with Crippen LogP contribution in [0.25, 0.3) is 0 Å². The van der Waals surface area contributed by atoms with Crippen molar-refractivity contribution in [2.45, 2.75) is 25.6 Å². The molecule has 0 aliphatic carbocycles. The molecule has 0 aromatic carbocycles. The first kappa shape index (κ1) is 16.4. The first-order valence-electron chi connectivity index (χ1n) is 7.09. The average Bonchev–Trinajstić information content (AvgIpc) is 2.96. The van der Waals surface area contributed by atoms with Gasteiger partial charge in [-0.2, -0.15) is 4.99 Å². The predicted molar refractivity (Wildman–Crippen MR) is 82.3 cm³/mol. The molecule has 0 amide bonds. The molecule has 0 spiro atoms. The fourth-order valence-corrected chi connectivity index (χ4v) is 3.40. The standard InChI is InChI=1S/C12H18N5O5P/c1-7-3-8(5-21-23(18,19)20)22-10(7)9-4-14-12-11(13)15-6-16-17(9,12)2/h4,6-8,10H,3,5H2,1-2H3,(H3-,13,15,16,18,19,20)/p+1. The summed E-state index contributed by atoms with van der Waals surface area (Å²) in [6.45, 7) is 1.83. The van der Waals surface area contributed by atoms with Crippen molar-refractivity contribution in [1.29, 1.82) is 0 Å². The average molecular weight is 344 g/mol. The highest BCUT2D eigenvalue weighted by atomic mass is 31.2. The molecule has 0 aromatic heterocycles. The first-order valence-corrected chi connectivity index (χ1v) is 8.62. The van der Waals surface area contributed by atoms with Crippen molar-refractivity contribution in [2.24, 2.45) is 26.7 Å². The Hall–Kier alpha value is -1.42. The third kappa shape index (κ3) is 3.01. The van der Waals surface area contributed by atoms with E-state index in [-0.39, 0.29) is 23.2 Å². The van der Waals surface area contributed by atoms with Crippen LogP contribution in [0.2, 0.25) is 0 Å². The number of fused-ring (bicyclic) bond motifs is 1. The van der Waals surface area contributed by atoms with Gasteiger partial charge in [-0.3, -0.25) is 4.52 Å². The van der Waals surface area contributed by atoms with Gasteiger partial charge in [0.15, 0.2) is 12.0 Å². The number of ether oxygens (including phenoxy) is 1. The van der Waals surface area contributed by atoms with Gasteiger partial charge in [0.05, 0.1) is 18.9 Å². The summed E-state index contributed by atoms with van der Waals surface area (Å²) in [4.78, 5) is 25.8. The molecular weight excluding hydrogens is 325 g/mol. The molecule has 0 aromatic rings. The number of nitrogens with zero attached hydrogens (tertiary/aromatic N) is 4. The molecule has 126 valence electrons. The monoisotopic (exact) mass is 344 g/mol. The van der Waals surface area contributed by atoms with Gasteiger partial charge in [-0.1, -0.05) is 12.0 Å². The van der Waals surface area contributed by atoms with Crippen molar-refractivity contribution in [2.75, 3.05) is 13.7 Å². The fraction of sp³-hybridized carbons (Fsp3) is 0.583. The van der Waals surface area contributed by atoms with Gasteiger partial charge < -0.3 is 20.3 Å². The first-order chi connectivity index (χ1) is 10.7. The lowest BCUT2D eigenvalue weighted by Gasteiger charge is -2.30. The summed E-state index contributed by atoms with van der Waals surface area (Å²) in [6, 6.07) is 0. The smallest absolute Gasteiger partial charge is 0.377 e. The Morgan fingerprint density at radius 2 is 2.26 bits per heavy atom. The van der Waals surface area contributed by atoms with E-state index in [9.17, 15) is 4.57 Å². The third-order valence-electron chi connectivity index (χ3n) is 4.15. The van der Waals surface area contributed by atoms with E-state index in [0.717, 1.165) is 5.70 Å². The molecule has 11 heteroatoms. The normalized spacial score (nSPS) is 36.5. The van der Waals surface area contributed by atoms with E-state index in [0.29, 0.717) is 18.1 Å². The van der Waals surface area contributed by atoms with Crippen LogP contribution in [-0.2, 0) is 13.8 Å². The van der Waals surface area contributed by atoms with Crippen molar-refractivity contribution in [3.8, 4) is 0 Å². The van der Waals surface area contributed by atoms with E-state index in [1.54, 1.807) is 6.20 Å². The number of phosphoric ester groups is 1. The maximum Gasteiger partial charge on any atom is 0.469 e. The number of aliphatic imine (C=N–C) groups is 2. The molecule has 0 saturated carbocycles. The molecule has 0 bridgehead atoms. The number of amidine groups is 2. The van der Waals surface area contributed by atoms with E-state index in [2.05, 4.69) is 19.6 Å². The van der Waals surface area contributed by atoms with E-state index < -0.39 is 13.9 Å². The van der Waals surface area contributed by atoms with Crippen molar-refractivity contribution in [1.82, 2.24) is 0 Å². The van der Waals surface area contributed by atoms with Crippen LogP contribution in [0.1, 0.15) is 13.3 Å². The van der Waals surface area contributed by atoms with E-state index >= 15 is 0 Å². The Morgan fingerprint density at radius 3 is 2.96 bits per heavy atom.